The van der Waals surface area contributed by atoms with Gasteiger partial charge in [-0.25, -0.2) is 23.6 Å². The second kappa shape index (κ2) is 7.21. The van der Waals surface area contributed by atoms with Crippen LogP contribution < -0.4 is 5.32 Å². The van der Waals surface area contributed by atoms with Crippen molar-refractivity contribution < 1.29 is 18.4 Å². The molecule has 1 aromatic heterocycles. The standard InChI is InChI=1S/C19H23F2N5O2/c1-19(2,3)15-11-14(24(4)23-15)17(27)25-9-6-10-26(25)18(28)22-16-12(20)7-5-8-13(16)21/h5,7-8,11H,6,9-10H2,1-4H3,(H,22,28). The zero-order chi connectivity index (χ0) is 20.6. The van der Waals surface area contributed by atoms with Crippen molar-refractivity contribution in [1.82, 2.24) is 19.8 Å². The van der Waals surface area contributed by atoms with E-state index in [1.54, 1.807) is 13.1 Å². The number of anilines is 1. The third-order valence-corrected chi connectivity index (χ3v) is 4.56. The minimum atomic E-state index is -0.883. The van der Waals surface area contributed by atoms with Gasteiger partial charge in [0, 0.05) is 25.6 Å². The summed E-state index contributed by atoms with van der Waals surface area (Å²) < 4.78 is 29.1. The van der Waals surface area contributed by atoms with Gasteiger partial charge in [-0.2, -0.15) is 5.10 Å². The summed E-state index contributed by atoms with van der Waals surface area (Å²) in [4.78, 5) is 25.6. The molecule has 2 aromatic rings. The van der Waals surface area contributed by atoms with E-state index in [4.69, 9.17) is 0 Å². The van der Waals surface area contributed by atoms with Crippen LogP contribution in [0.15, 0.2) is 24.3 Å². The normalized spacial score (nSPS) is 14.5. The van der Waals surface area contributed by atoms with Crippen molar-refractivity contribution in [2.75, 3.05) is 18.4 Å². The van der Waals surface area contributed by atoms with E-state index in [1.807, 2.05) is 20.8 Å². The highest BCUT2D eigenvalue weighted by molar-refractivity contribution is 5.96. The van der Waals surface area contributed by atoms with Crippen LogP contribution in [0.4, 0.5) is 19.3 Å². The molecule has 1 saturated heterocycles. The number of carbonyl (C=O) groups excluding carboxylic acids is 2. The molecule has 28 heavy (non-hydrogen) atoms. The zero-order valence-corrected chi connectivity index (χ0v) is 16.3. The van der Waals surface area contributed by atoms with Crippen LogP contribution in [0.5, 0.6) is 0 Å². The number of aryl methyl sites for hydroxylation is 1. The van der Waals surface area contributed by atoms with Crippen molar-refractivity contribution in [3.05, 3.63) is 47.3 Å². The molecule has 0 aliphatic carbocycles. The van der Waals surface area contributed by atoms with E-state index >= 15 is 0 Å². The van der Waals surface area contributed by atoms with Gasteiger partial charge in [0.25, 0.3) is 5.91 Å². The van der Waals surface area contributed by atoms with E-state index < -0.39 is 29.3 Å². The fraction of sp³-hybridized carbons (Fsp3) is 0.421. The lowest BCUT2D eigenvalue weighted by atomic mass is 9.92. The highest BCUT2D eigenvalue weighted by Gasteiger charge is 2.34. The number of benzene rings is 1. The lowest BCUT2D eigenvalue weighted by molar-refractivity contribution is 0.0393. The maximum atomic E-state index is 13.8. The molecule has 3 rings (SSSR count). The maximum Gasteiger partial charge on any atom is 0.340 e. The van der Waals surface area contributed by atoms with Gasteiger partial charge in [0.15, 0.2) is 0 Å². The van der Waals surface area contributed by atoms with Gasteiger partial charge in [-0.3, -0.25) is 9.48 Å². The molecule has 150 valence electrons. The number of urea groups is 1. The first-order valence-corrected chi connectivity index (χ1v) is 8.98. The molecule has 3 amide bonds. The lowest BCUT2D eigenvalue weighted by Crippen LogP contribution is -2.47. The van der Waals surface area contributed by atoms with E-state index in [0.29, 0.717) is 18.7 Å². The molecule has 9 heteroatoms. The Kier molecular flexibility index (Phi) is 5.10. The van der Waals surface area contributed by atoms with Crippen LogP contribution in [0.2, 0.25) is 0 Å². The van der Waals surface area contributed by atoms with Crippen LogP contribution in [0.25, 0.3) is 0 Å². The molecule has 0 radical (unpaired) electrons. The number of hydrazine groups is 1. The zero-order valence-electron chi connectivity index (χ0n) is 16.3. The average molecular weight is 391 g/mol. The quantitative estimate of drug-likeness (QED) is 0.854. The summed E-state index contributed by atoms with van der Waals surface area (Å²) in [6, 6.07) is 4.24. The summed E-state index contributed by atoms with van der Waals surface area (Å²) in [6.07, 6.45) is 0.558. The Hall–Kier alpha value is -2.97. The second-order valence-electron chi connectivity index (χ2n) is 7.72. The van der Waals surface area contributed by atoms with Gasteiger partial charge in [-0.15, -0.1) is 0 Å². The monoisotopic (exact) mass is 391 g/mol. The second-order valence-corrected chi connectivity index (χ2v) is 7.72. The smallest absolute Gasteiger partial charge is 0.301 e. The van der Waals surface area contributed by atoms with Gasteiger partial charge in [0.05, 0.1) is 5.69 Å². The molecular weight excluding hydrogens is 368 g/mol. The molecule has 0 atom stereocenters. The molecule has 7 nitrogen and oxygen atoms in total. The van der Waals surface area contributed by atoms with Gasteiger partial charge >= 0.3 is 6.03 Å². The van der Waals surface area contributed by atoms with Crippen LogP contribution in [0, 0.1) is 11.6 Å². The Morgan fingerprint density at radius 2 is 1.71 bits per heavy atom. The summed E-state index contributed by atoms with van der Waals surface area (Å²) in [5.41, 5.74) is 0.312. The van der Waals surface area contributed by atoms with Crippen molar-refractivity contribution in [3.63, 3.8) is 0 Å². The molecule has 0 bridgehead atoms. The first kappa shape index (κ1) is 19.8. The Bertz CT molecular complexity index is 899. The molecule has 0 saturated carbocycles. The minimum Gasteiger partial charge on any atom is -0.301 e. The molecular formula is C19H23F2N5O2. The molecule has 2 heterocycles. The van der Waals surface area contributed by atoms with Gasteiger partial charge in [-0.05, 0) is 24.6 Å². The number of halogens is 2. The number of carbonyl (C=O) groups is 2. The summed E-state index contributed by atoms with van der Waals surface area (Å²) in [5.74, 6) is -2.16. The van der Waals surface area contributed by atoms with Gasteiger partial charge in [0.1, 0.15) is 23.0 Å². The molecule has 0 spiro atoms. The summed E-state index contributed by atoms with van der Waals surface area (Å²) in [5, 5.41) is 9.05. The van der Waals surface area contributed by atoms with Crippen molar-refractivity contribution in [3.8, 4) is 0 Å². The first-order chi connectivity index (χ1) is 13.1. The Balaban J connectivity index is 1.82. The van der Waals surface area contributed by atoms with Crippen LogP contribution in [0.1, 0.15) is 43.4 Å². The number of nitrogens with zero attached hydrogens (tertiary/aromatic N) is 4. The van der Waals surface area contributed by atoms with Gasteiger partial charge in [0.2, 0.25) is 0 Å². The van der Waals surface area contributed by atoms with E-state index in [9.17, 15) is 18.4 Å². The van der Waals surface area contributed by atoms with Gasteiger partial charge < -0.3 is 5.32 Å². The van der Waals surface area contributed by atoms with Crippen molar-refractivity contribution in [2.24, 2.45) is 7.05 Å². The number of hydrogen-bond donors (Lipinski definition) is 1. The van der Waals surface area contributed by atoms with Crippen LogP contribution in [-0.2, 0) is 12.5 Å². The fourth-order valence-corrected chi connectivity index (χ4v) is 2.99. The summed E-state index contributed by atoms with van der Waals surface area (Å²) >= 11 is 0. The molecule has 1 N–H and O–H groups in total. The number of para-hydroxylation sites is 1. The topological polar surface area (TPSA) is 70.5 Å². The largest absolute Gasteiger partial charge is 0.340 e. The summed E-state index contributed by atoms with van der Waals surface area (Å²) in [6.45, 7) is 6.55. The van der Waals surface area contributed by atoms with Crippen LogP contribution >= 0.6 is 0 Å². The predicted octanol–water partition coefficient (Wildman–Crippen LogP) is 3.29. The number of hydrogen-bond acceptors (Lipinski definition) is 3. The van der Waals surface area contributed by atoms with Crippen LogP contribution in [-0.4, -0.2) is 44.8 Å². The number of rotatable bonds is 2. The third kappa shape index (κ3) is 3.69. The minimum absolute atomic E-state index is 0.235. The van der Waals surface area contributed by atoms with Crippen molar-refractivity contribution in [2.45, 2.75) is 32.6 Å². The van der Waals surface area contributed by atoms with Crippen molar-refractivity contribution in [1.29, 1.82) is 0 Å². The number of amides is 3. The van der Waals surface area contributed by atoms with E-state index in [1.165, 1.54) is 15.8 Å². The predicted molar refractivity (Wildman–Crippen MR) is 99.6 cm³/mol. The van der Waals surface area contributed by atoms with E-state index in [-0.39, 0.29) is 12.0 Å². The molecule has 0 unspecified atom stereocenters. The fourth-order valence-electron chi connectivity index (χ4n) is 2.99. The SMILES string of the molecule is Cn1nc(C(C)(C)C)cc1C(=O)N1CCCN1C(=O)Nc1c(F)cccc1F. The Labute approximate surface area is 161 Å². The first-order valence-electron chi connectivity index (χ1n) is 8.98. The maximum absolute atomic E-state index is 13.8. The average Bonchev–Trinajstić information content (AvgIpc) is 3.24. The van der Waals surface area contributed by atoms with E-state index in [2.05, 4.69) is 10.4 Å². The van der Waals surface area contributed by atoms with E-state index in [0.717, 1.165) is 22.8 Å². The highest BCUT2D eigenvalue weighted by Crippen LogP contribution is 2.24. The molecule has 1 aromatic carbocycles. The number of nitrogens with one attached hydrogen (secondary N) is 1. The lowest BCUT2D eigenvalue weighted by Gasteiger charge is -2.28. The summed E-state index contributed by atoms with van der Waals surface area (Å²) in [7, 11) is 1.66. The Morgan fingerprint density at radius 3 is 2.29 bits per heavy atom. The molecule has 1 aliphatic rings. The van der Waals surface area contributed by atoms with Crippen molar-refractivity contribution >= 4 is 17.6 Å². The molecule has 1 aliphatic heterocycles. The Morgan fingerprint density at radius 1 is 1.11 bits per heavy atom. The highest BCUT2D eigenvalue weighted by atomic mass is 19.1. The molecule has 1 fully saturated rings. The van der Waals surface area contributed by atoms with Crippen LogP contribution in [0.3, 0.4) is 0 Å². The van der Waals surface area contributed by atoms with Gasteiger partial charge in [-0.1, -0.05) is 26.8 Å². The number of aromatic nitrogens is 2. The third-order valence-electron chi connectivity index (χ3n) is 4.56.